The number of benzene rings is 1. The van der Waals surface area contributed by atoms with Crippen LogP contribution in [-0.2, 0) is 11.0 Å². The molecular weight excluding hydrogens is 482 g/mol. The van der Waals surface area contributed by atoms with E-state index in [9.17, 15) is 13.0 Å². The average Bonchev–Trinajstić information content (AvgIpc) is 3.17. The summed E-state index contributed by atoms with van der Waals surface area (Å²) in [4.78, 5) is 13.9. The molecule has 12 heteroatoms. The number of thiazole rings is 1. The zero-order valence-corrected chi connectivity index (χ0v) is 20.7. The van der Waals surface area contributed by atoms with Crippen molar-refractivity contribution in [1.29, 1.82) is 0 Å². The fourth-order valence-electron chi connectivity index (χ4n) is 3.39. The summed E-state index contributed by atoms with van der Waals surface area (Å²) < 4.78 is 49.2. The predicted molar refractivity (Wildman–Crippen MR) is 131 cm³/mol. The Morgan fingerprint density at radius 1 is 1.26 bits per heavy atom. The third kappa shape index (κ3) is 5.86. The third-order valence-electron chi connectivity index (χ3n) is 5.08. The number of aryl methyl sites for hydroxylation is 1. The molecule has 2 aromatic heterocycles. The molecular formula is C22H26F2N6O2S2. The van der Waals surface area contributed by atoms with Crippen LogP contribution in [0, 0.1) is 18.6 Å². The number of rotatable bonds is 8. The van der Waals surface area contributed by atoms with Gasteiger partial charge in [0.05, 0.1) is 10.7 Å². The van der Waals surface area contributed by atoms with Gasteiger partial charge in [0.1, 0.15) is 27.3 Å². The number of ether oxygens (including phenoxy) is 1. The summed E-state index contributed by atoms with van der Waals surface area (Å²) in [6.45, 7) is 7.03. The molecule has 182 valence electrons. The molecule has 2 unspecified atom stereocenters. The van der Waals surface area contributed by atoms with E-state index in [0.29, 0.717) is 21.5 Å². The van der Waals surface area contributed by atoms with Crippen molar-refractivity contribution in [1.82, 2.24) is 20.3 Å². The van der Waals surface area contributed by atoms with Gasteiger partial charge in [-0.15, -0.1) is 11.3 Å². The molecule has 1 aliphatic rings. The van der Waals surface area contributed by atoms with Gasteiger partial charge >= 0.3 is 0 Å². The van der Waals surface area contributed by atoms with Crippen LogP contribution in [-0.4, -0.2) is 43.5 Å². The molecule has 3 N–H and O–H groups in total. The van der Waals surface area contributed by atoms with Crippen LogP contribution in [0.3, 0.4) is 0 Å². The number of hydrogen-bond donors (Lipinski definition) is 3. The molecule has 8 nitrogen and oxygen atoms in total. The molecule has 1 aliphatic heterocycles. The van der Waals surface area contributed by atoms with Crippen LogP contribution >= 0.6 is 11.3 Å². The average molecular weight is 509 g/mol. The zero-order chi connectivity index (χ0) is 24.2. The quantitative estimate of drug-likeness (QED) is 0.408. The Hall–Kier alpha value is -2.70. The first-order valence-corrected chi connectivity index (χ1v) is 13.0. The smallest absolute Gasteiger partial charge is 0.240 e. The minimum Gasteiger partial charge on any atom is -0.437 e. The lowest BCUT2D eigenvalue weighted by molar-refractivity contribution is 0.456. The second kappa shape index (κ2) is 10.7. The van der Waals surface area contributed by atoms with Crippen LogP contribution in [0.1, 0.15) is 31.7 Å². The van der Waals surface area contributed by atoms with Crippen molar-refractivity contribution < 1.29 is 17.7 Å². The molecule has 3 aromatic rings. The van der Waals surface area contributed by atoms with Gasteiger partial charge in [0, 0.05) is 36.2 Å². The van der Waals surface area contributed by atoms with E-state index in [0.717, 1.165) is 38.1 Å². The molecule has 1 aromatic carbocycles. The second-order valence-corrected chi connectivity index (χ2v) is 11.1. The van der Waals surface area contributed by atoms with Gasteiger partial charge in [0.2, 0.25) is 11.8 Å². The van der Waals surface area contributed by atoms with Gasteiger partial charge in [-0.3, -0.25) is 4.72 Å². The molecule has 0 spiro atoms. The molecule has 0 bridgehead atoms. The highest BCUT2D eigenvalue weighted by atomic mass is 32.2. The van der Waals surface area contributed by atoms with E-state index < -0.39 is 28.3 Å². The number of halogens is 2. The van der Waals surface area contributed by atoms with Crippen LogP contribution in [0.5, 0.6) is 11.6 Å². The standard InChI is InChI=1S/C22H26F2N6O2S2/c1-12(2)34(31)30-19-16(23)9-15(10-17(19)24)32-21-20(33-13(3)27-21)18-6-8-26-22(29-18)28-14-5-4-7-25-11-14/h6,8-10,12,14,25,30H,4-5,7,11H2,1-3H3,(H,26,28,29). The van der Waals surface area contributed by atoms with Crippen LogP contribution in [0.25, 0.3) is 10.6 Å². The van der Waals surface area contributed by atoms with Crippen molar-refractivity contribution in [2.24, 2.45) is 0 Å². The maximum absolute atomic E-state index is 14.6. The lowest BCUT2D eigenvalue weighted by atomic mass is 10.1. The number of nitrogens with zero attached hydrogens (tertiary/aromatic N) is 3. The Kier molecular flexibility index (Phi) is 7.69. The Labute approximate surface area is 203 Å². The molecule has 1 saturated heterocycles. The van der Waals surface area contributed by atoms with Crippen molar-refractivity contribution in [3.63, 3.8) is 0 Å². The molecule has 34 heavy (non-hydrogen) atoms. The van der Waals surface area contributed by atoms with E-state index in [1.54, 1.807) is 26.1 Å². The van der Waals surface area contributed by atoms with Gasteiger partial charge in [-0.05, 0) is 46.2 Å². The summed E-state index contributed by atoms with van der Waals surface area (Å²) in [5.74, 6) is -1.20. The van der Waals surface area contributed by atoms with Gasteiger partial charge in [-0.2, -0.15) is 0 Å². The highest BCUT2D eigenvalue weighted by Crippen LogP contribution is 2.38. The monoisotopic (exact) mass is 508 g/mol. The molecule has 2 atom stereocenters. The summed E-state index contributed by atoms with van der Waals surface area (Å²) >= 11 is 1.36. The fraction of sp³-hybridized carbons (Fsp3) is 0.409. The first-order valence-electron chi connectivity index (χ1n) is 10.9. The van der Waals surface area contributed by atoms with E-state index in [4.69, 9.17) is 4.74 Å². The number of piperidine rings is 1. The summed E-state index contributed by atoms with van der Waals surface area (Å²) in [7, 11) is -1.62. The summed E-state index contributed by atoms with van der Waals surface area (Å²) in [5.41, 5.74) is 0.131. The van der Waals surface area contributed by atoms with E-state index in [-0.39, 0.29) is 22.9 Å². The van der Waals surface area contributed by atoms with Crippen LogP contribution in [0.15, 0.2) is 24.4 Å². The second-order valence-electron chi connectivity index (χ2n) is 8.13. The van der Waals surface area contributed by atoms with Gasteiger partial charge in [0.25, 0.3) is 0 Å². The third-order valence-corrected chi connectivity index (χ3v) is 7.32. The van der Waals surface area contributed by atoms with Gasteiger partial charge in [-0.25, -0.2) is 27.9 Å². The minimum absolute atomic E-state index is 0.0666. The van der Waals surface area contributed by atoms with Crippen molar-refractivity contribution in [3.05, 3.63) is 41.0 Å². The lowest BCUT2D eigenvalue weighted by Crippen LogP contribution is -2.38. The highest BCUT2D eigenvalue weighted by Gasteiger charge is 2.20. The van der Waals surface area contributed by atoms with E-state index >= 15 is 0 Å². The molecule has 0 radical (unpaired) electrons. The Bertz CT molecular complexity index is 1160. The first kappa shape index (κ1) is 24.4. The summed E-state index contributed by atoms with van der Waals surface area (Å²) in [6.07, 6.45) is 3.76. The van der Waals surface area contributed by atoms with E-state index in [1.165, 1.54) is 11.3 Å². The maximum Gasteiger partial charge on any atom is 0.240 e. The molecule has 0 aliphatic carbocycles. The van der Waals surface area contributed by atoms with Crippen molar-refractivity contribution in [3.8, 4) is 22.2 Å². The van der Waals surface area contributed by atoms with Crippen LogP contribution in [0.4, 0.5) is 20.4 Å². The molecule has 0 amide bonds. The Morgan fingerprint density at radius 3 is 2.71 bits per heavy atom. The largest absolute Gasteiger partial charge is 0.437 e. The minimum atomic E-state index is -1.62. The van der Waals surface area contributed by atoms with Crippen LogP contribution in [0.2, 0.25) is 0 Å². The van der Waals surface area contributed by atoms with Crippen molar-refractivity contribution in [2.75, 3.05) is 23.1 Å². The van der Waals surface area contributed by atoms with Gasteiger partial charge in [-0.1, -0.05) is 0 Å². The lowest BCUT2D eigenvalue weighted by Gasteiger charge is -2.23. The predicted octanol–water partition coefficient (Wildman–Crippen LogP) is 4.63. The number of hydrogen-bond acceptors (Lipinski definition) is 8. The molecule has 4 rings (SSSR count). The van der Waals surface area contributed by atoms with Crippen molar-refractivity contribution in [2.45, 2.75) is 44.9 Å². The van der Waals surface area contributed by atoms with Gasteiger partial charge in [0.15, 0.2) is 11.6 Å². The highest BCUT2D eigenvalue weighted by molar-refractivity contribution is 7.86. The first-order chi connectivity index (χ1) is 16.3. The van der Waals surface area contributed by atoms with E-state index in [1.807, 2.05) is 6.92 Å². The van der Waals surface area contributed by atoms with E-state index in [2.05, 4.69) is 30.3 Å². The number of aromatic nitrogens is 3. The Balaban J connectivity index is 1.56. The summed E-state index contributed by atoms with van der Waals surface area (Å²) in [5, 5.41) is 7.08. The molecule has 1 fully saturated rings. The SMILES string of the molecule is Cc1nc(Oc2cc(F)c(NS(=O)C(C)C)c(F)c2)c(-c2ccnc(NC3CCCNC3)n2)s1. The fourth-order valence-corrected chi connectivity index (χ4v) is 4.84. The van der Waals surface area contributed by atoms with Crippen molar-refractivity contribution >= 4 is 34.0 Å². The maximum atomic E-state index is 14.6. The number of anilines is 2. The normalized spacial score (nSPS) is 16.9. The molecule has 0 saturated carbocycles. The number of nitrogens with one attached hydrogen (secondary N) is 3. The zero-order valence-electron chi connectivity index (χ0n) is 19.0. The van der Waals surface area contributed by atoms with Crippen LogP contribution < -0.4 is 20.1 Å². The summed E-state index contributed by atoms with van der Waals surface area (Å²) in [6, 6.07) is 4.04. The Morgan fingerprint density at radius 2 is 2.03 bits per heavy atom. The molecule has 3 heterocycles. The van der Waals surface area contributed by atoms with Gasteiger partial charge < -0.3 is 15.4 Å². The topological polar surface area (TPSA) is 101 Å².